The second-order valence-corrected chi connectivity index (χ2v) is 8.16. The first-order valence-electron chi connectivity index (χ1n) is 8.19. The number of rotatable bonds is 5. The Labute approximate surface area is 121 Å². The summed E-state index contributed by atoms with van der Waals surface area (Å²) in [6.45, 7) is 19.0. The lowest BCUT2D eigenvalue weighted by atomic mass is 9.79. The summed E-state index contributed by atoms with van der Waals surface area (Å²) in [6, 6.07) is 1.39. The second-order valence-electron chi connectivity index (χ2n) is 8.16. The quantitative estimate of drug-likeness (QED) is 0.809. The Hall–Kier alpha value is -0.0800. The van der Waals surface area contributed by atoms with Crippen LogP contribution in [-0.4, -0.2) is 35.6 Å². The lowest BCUT2D eigenvalue weighted by molar-refractivity contribution is 0.00405. The number of nitrogens with one attached hydrogen (secondary N) is 1. The third-order valence-corrected chi connectivity index (χ3v) is 4.35. The minimum atomic E-state index is 0.299. The Bertz CT molecular complexity index is 265. The van der Waals surface area contributed by atoms with E-state index in [2.05, 4.69) is 58.7 Å². The van der Waals surface area contributed by atoms with Crippen molar-refractivity contribution in [3.05, 3.63) is 0 Å². The predicted molar refractivity (Wildman–Crippen MR) is 85.6 cm³/mol. The highest BCUT2D eigenvalue weighted by Crippen LogP contribution is 2.34. The lowest BCUT2D eigenvalue weighted by Gasteiger charge is -2.51. The molecular formula is C17H36N2. The highest BCUT2D eigenvalue weighted by Gasteiger charge is 2.38. The van der Waals surface area contributed by atoms with Crippen LogP contribution < -0.4 is 5.32 Å². The zero-order valence-electron chi connectivity index (χ0n) is 14.3. The monoisotopic (exact) mass is 268 g/mol. The molecule has 114 valence electrons. The first kappa shape index (κ1) is 17.0. The summed E-state index contributed by atoms with van der Waals surface area (Å²) in [5.41, 5.74) is 0.694. The molecule has 1 heterocycles. The maximum Gasteiger partial charge on any atom is 0.0224 e. The van der Waals surface area contributed by atoms with Crippen molar-refractivity contribution >= 4 is 0 Å². The summed E-state index contributed by atoms with van der Waals surface area (Å²) in [5.74, 6) is 0. The van der Waals surface area contributed by atoms with E-state index < -0.39 is 0 Å². The van der Waals surface area contributed by atoms with Gasteiger partial charge in [-0.15, -0.1) is 0 Å². The molecule has 0 aromatic carbocycles. The van der Waals surface area contributed by atoms with E-state index in [1.54, 1.807) is 0 Å². The molecule has 0 amide bonds. The first-order valence-corrected chi connectivity index (χ1v) is 8.19. The summed E-state index contributed by atoms with van der Waals surface area (Å²) in [4.78, 5) is 2.79. The van der Waals surface area contributed by atoms with E-state index in [4.69, 9.17) is 0 Å². The van der Waals surface area contributed by atoms with Gasteiger partial charge in [0.25, 0.3) is 0 Å². The summed E-state index contributed by atoms with van der Waals surface area (Å²) in [6.07, 6.45) is 5.09. The molecule has 2 unspecified atom stereocenters. The fourth-order valence-electron chi connectivity index (χ4n) is 3.91. The maximum atomic E-state index is 3.74. The van der Waals surface area contributed by atoms with Gasteiger partial charge in [0.15, 0.2) is 0 Å². The van der Waals surface area contributed by atoms with Crippen LogP contribution in [0.3, 0.4) is 0 Å². The van der Waals surface area contributed by atoms with Crippen LogP contribution in [0.5, 0.6) is 0 Å². The minimum Gasteiger partial charge on any atom is -0.311 e. The summed E-state index contributed by atoms with van der Waals surface area (Å²) >= 11 is 0. The van der Waals surface area contributed by atoms with Gasteiger partial charge in [-0.25, -0.2) is 0 Å². The molecule has 0 radical (unpaired) electrons. The summed E-state index contributed by atoms with van der Waals surface area (Å²) < 4.78 is 0. The Morgan fingerprint density at radius 3 is 2.21 bits per heavy atom. The fraction of sp³-hybridized carbons (Fsp3) is 1.00. The Morgan fingerprint density at radius 1 is 1.11 bits per heavy atom. The molecule has 0 aromatic heterocycles. The normalized spacial score (nSPS) is 26.7. The molecule has 19 heavy (non-hydrogen) atoms. The molecule has 1 aliphatic heterocycles. The van der Waals surface area contributed by atoms with Crippen molar-refractivity contribution in [3.63, 3.8) is 0 Å². The number of hydrogen-bond acceptors (Lipinski definition) is 2. The van der Waals surface area contributed by atoms with Gasteiger partial charge in [0, 0.05) is 30.7 Å². The predicted octanol–water partition coefficient (Wildman–Crippen LogP) is 4.05. The third kappa shape index (κ3) is 5.07. The van der Waals surface area contributed by atoms with Crippen molar-refractivity contribution in [2.45, 2.75) is 91.8 Å². The number of hydrogen-bond donors (Lipinski definition) is 1. The Balaban J connectivity index is 2.78. The van der Waals surface area contributed by atoms with Crippen molar-refractivity contribution in [1.29, 1.82) is 0 Å². The Kier molecular flexibility index (Phi) is 5.88. The topological polar surface area (TPSA) is 15.3 Å². The van der Waals surface area contributed by atoms with Crippen LogP contribution in [0, 0.1) is 5.41 Å². The smallest absolute Gasteiger partial charge is 0.0224 e. The van der Waals surface area contributed by atoms with E-state index in [0.29, 0.717) is 23.0 Å². The van der Waals surface area contributed by atoms with E-state index in [0.717, 1.165) is 6.54 Å². The molecule has 0 spiro atoms. The summed E-state index contributed by atoms with van der Waals surface area (Å²) in [5, 5.41) is 3.74. The SMILES string of the molecule is CCCC1CN(C(C)(C)CC(C)(C)C)C(CC)CN1. The highest BCUT2D eigenvalue weighted by atomic mass is 15.3. The van der Waals surface area contributed by atoms with Crippen LogP contribution in [0.1, 0.15) is 74.1 Å². The van der Waals surface area contributed by atoms with Gasteiger partial charge in [0.05, 0.1) is 0 Å². The zero-order valence-corrected chi connectivity index (χ0v) is 14.3. The average Bonchev–Trinajstić information content (AvgIpc) is 2.26. The maximum absolute atomic E-state index is 3.74. The van der Waals surface area contributed by atoms with Gasteiger partial charge in [-0.3, -0.25) is 4.90 Å². The molecule has 2 heteroatoms. The van der Waals surface area contributed by atoms with E-state index >= 15 is 0 Å². The molecule has 2 atom stereocenters. The molecule has 0 bridgehead atoms. The standard InChI is InChI=1S/C17H36N2/c1-8-10-14-12-19(15(9-2)11-18-14)17(6,7)13-16(3,4)5/h14-15,18H,8-13H2,1-7H3. The molecule has 1 saturated heterocycles. The van der Waals surface area contributed by atoms with E-state index in [9.17, 15) is 0 Å². The first-order chi connectivity index (χ1) is 8.69. The number of nitrogens with zero attached hydrogens (tertiary/aromatic N) is 1. The van der Waals surface area contributed by atoms with Gasteiger partial charge >= 0.3 is 0 Å². The van der Waals surface area contributed by atoms with Gasteiger partial charge in [-0.05, 0) is 38.5 Å². The lowest BCUT2D eigenvalue weighted by Crippen LogP contribution is -2.63. The van der Waals surface area contributed by atoms with E-state index in [1.807, 2.05) is 0 Å². The third-order valence-electron chi connectivity index (χ3n) is 4.35. The fourth-order valence-corrected chi connectivity index (χ4v) is 3.91. The van der Waals surface area contributed by atoms with Gasteiger partial charge in [-0.2, -0.15) is 0 Å². The van der Waals surface area contributed by atoms with Gasteiger partial charge in [0.1, 0.15) is 0 Å². The van der Waals surface area contributed by atoms with Crippen LogP contribution in [0.25, 0.3) is 0 Å². The van der Waals surface area contributed by atoms with Crippen molar-refractivity contribution in [3.8, 4) is 0 Å². The van der Waals surface area contributed by atoms with Crippen LogP contribution in [0.4, 0.5) is 0 Å². The van der Waals surface area contributed by atoms with Crippen LogP contribution in [0.15, 0.2) is 0 Å². The molecule has 1 N–H and O–H groups in total. The Morgan fingerprint density at radius 2 is 1.74 bits per heavy atom. The van der Waals surface area contributed by atoms with Crippen molar-refractivity contribution < 1.29 is 0 Å². The molecule has 0 aromatic rings. The molecule has 0 aliphatic carbocycles. The minimum absolute atomic E-state index is 0.299. The molecule has 1 aliphatic rings. The molecule has 1 rings (SSSR count). The van der Waals surface area contributed by atoms with Crippen molar-refractivity contribution in [2.24, 2.45) is 5.41 Å². The summed E-state index contributed by atoms with van der Waals surface area (Å²) in [7, 11) is 0. The van der Waals surface area contributed by atoms with Crippen molar-refractivity contribution in [1.82, 2.24) is 10.2 Å². The molecule has 1 fully saturated rings. The van der Waals surface area contributed by atoms with E-state index in [-0.39, 0.29) is 0 Å². The van der Waals surface area contributed by atoms with Gasteiger partial charge in [-0.1, -0.05) is 41.0 Å². The molecular weight excluding hydrogens is 232 g/mol. The molecule has 2 nitrogen and oxygen atoms in total. The van der Waals surface area contributed by atoms with Gasteiger partial charge < -0.3 is 5.32 Å². The average molecular weight is 268 g/mol. The van der Waals surface area contributed by atoms with Crippen LogP contribution in [0.2, 0.25) is 0 Å². The highest BCUT2D eigenvalue weighted by molar-refractivity contribution is 4.95. The molecule has 0 saturated carbocycles. The second kappa shape index (κ2) is 6.58. The van der Waals surface area contributed by atoms with Crippen LogP contribution >= 0.6 is 0 Å². The van der Waals surface area contributed by atoms with Gasteiger partial charge in [0.2, 0.25) is 0 Å². The number of piperazine rings is 1. The largest absolute Gasteiger partial charge is 0.311 e. The van der Waals surface area contributed by atoms with E-state index in [1.165, 1.54) is 32.2 Å². The van der Waals surface area contributed by atoms with Crippen LogP contribution in [-0.2, 0) is 0 Å². The van der Waals surface area contributed by atoms with Crippen molar-refractivity contribution in [2.75, 3.05) is 13.1 Å². The zero-order chi connectivity index (χ0) is 14.7.